The molecule has 21 heteroatoms. The molecule has 19 nitrogen and oxygen atoms in total. The Bertz CT molecular complexity index is 3060. The molecule has 0 fully saturated rings. The minimum atomic E-state index is -0.706. The van der Waals surface area contributed by atoms with E-state index in [1.807, 2.05) is 97.1 Å². The third-order valence-electron chi connectivity index (χ3n) is 11.2. The lowest BCUT2D eigenvalue weighted by atomic mass is 9.96. The predicted molar refractivity (Wildman–Crippen MR) is 281 cm³/mol. The number of hydrogen-bond donors (Lipinski definition) is 1. The van der Waals surface area contributed by atoms with E-state index >= 15 is 0 Å². The van der Waals surface area contributed by atoms with Crippen molar-refractivity contribution in [3.63, 3.8) is 0 Å². The van der Waals surface area contributed by atoms with Gasteiger partial charge in [0.2, 0.25) is 19.4 Å². The Morgan fingerprint density at radius 2 is 1.05 bits per heavy atom. The van der Waals surface area contributed by atoms with Crippen LogP contribution in [0.4, 0.5) is 0 Å². The average Bonchev–Trinajstić information content (AvgIpc) is 4.22. The number of nitrogens with zero attached hydrogens (tertiary/aromatic N) is 10. The molecule has 1 N–H and O–H groups in total. The summed E-state index contributed by atoms with van der Waals surface area (Å²) in [6, 6.07) is 31.8. The zero-order valence-corrected chi connectivity index (χ0v) is 41.5. The van der Waals surface area contributed by atoms with Gasteiger partial charge in [0.25, 0.3) is 0 Å². The topological polar surface area (TPSA) is 232 Å². The number of aromatic nitrogens is 8. The van der Waals surface area contributed by atoms with Gasteiger partial charge in [0.15, 0.2) is 21.7 Å². The number of halogens is 2. The number of rotatable bonds is 20. The van der Waals surface area contributed by atoms with Gasteiger partial charge in [-0.2, -0.15) is 10.3 Å². The van der Waals surface area contributed by atoms with E-state index in [0.717, 1.165) is 75.9 Å². The Balaban J connectivity index is 0.000000267. The summed E-state index contributed by atoms with van der Waals surface area (Å²) in [6.07, 6.45) is 5.04. The fraction of sp³-hybridized carbons (Fsp3) is 0.321. The van der Waals surface area contributed by atoms with E-state index in [4.69, 9.17) is 42.1 Å². The van der Waals surface area contributed by atoms with E-state index in [0.29, 0.717) is 49.9 Å². The van der Waals surface area contributed by atoms with Crippen molar-refractivity contribution in [2.75, 3.05) is 20.1 Å². The monoisotopic (exact) mass is 1050 g/mol. The lowest BCUT2D eigenvalue weighted by Gasteiger charge is -2.13. The first kappa shape index (κ1) is 57.0. The number of nitrogens with one attached hydrogen (secondary N) is 1. The zero-order chi connectivity index (χ0) is 51.0. The van der Waals surface area contributed by atoms with Crippen molar-refractivity contribution < 1.29 is 38.1 Å². The SMILES string of the molecule is C.C.CCCCc1nc(Cl)c(C(=O)OCOC(C)=O)n1Cc1ccc(-c2ccccc2-c2nn[nH]n2)cc1.CCCCc1nc(Cl)c(C(=O)OCOC(C)=O)n1Cc1ccc(-c2ccccc2C2=NN=NC2)cc1. The molecule has 0 spiro atoms. The molecule has 8 rings (SSSR count). The van der Waals surface area contributed by atoms with Gasteiger partial charge in [-0.1, -0.05) is 162 Å². The van der Waals surface area contributed by atoms with Gasteiger partial charge in [0, 0.05) is 50.9 Å². The number of unbranched alkanes of at least 4 members (excludes halogenated alkanes) is 2. The molecular formula is C53H59Cl2N11O8. The van der Waals surface area contributed by atoms with Crippen LogP contribution in [-0.4, -0.2) is 89.4 Å². The number of benzene rings is 4. The van der Waals surface area contributed by atoms with E-state index in [-0.39, 0.29) is 36.5 Å². The number of carbonyl (C=O) groups is 4. The van der Waals surface area contributed by atoms with Crippen LogP contribution in [0.25, 0.3) is 33.6 Å². The molecule has 0 unspecified atom stereocenters. The summed E-state index contributed by atoms with van der Waals surface area (Å²) in [6.45, 7) is 6.86. The first-order valence-electron chi connectivity index (χ1n) is 23.1. The summed E-state index contributed by atoms with van der Waals surface area (Å²) in [7, 11) is 0. The van der Waals surface area contributed by atoms with E-state index in [1.165, 1.54) is 13.8 Å². The lowest BCUT2D eigenvalue weighted by Crippen LogP contribution is -2.17. The molecule has 0 bridgehead atoms. The highest BCUT2D eigenvalue weighted by Gasteiger charge is 2.26. The minimum absolute atomic E-state index is 0. The second-order valence-corrected chi connectivity index (χ2v) is 17.0. The molecule has 0 amide bonds. The number of aryl methyl sites for hydroxylation is 2. The fourth-order valence-corrected chi connectivity index (χ4v) is 8.23. The van der Waals surface area contributed by atoms with Crippen LogP contribution in [0.3, 0.4) is 0 Å². The third kappa shape index (κ3) is 14.6. The number of aromatic amines is 1. The average molecular weight is 1050 g/mol. The number of carbonyl (C=O) groups excluding carboxylic acids is 4. The normalized spacial score (nSPS) is 11.4. The first-order chi connectivity index (χ1) is 34.9. The molecule has 1 aliphatic rings. The van der Waals surface area contributed by atoms with E-state index in [1.54, 1.807) is 9.13 Å². The molecule has 1 aliphatic heterocycles. The number of H-pyrrole nitrogens is 1. The number of tetrazole rings is 1. The smallest absolute Gasteiger partial charge is 0.361 e. The van der Waals surface area contributed by atoms with Gasteiger partial charge in [-0.15, -0.1) is 15.3 Å². The maximum atomic E-state index is 12.8. The van der Waals surface area contributed by atoms with Gasteiger partial charge in [0.05, 0.1) is 5.71 Å². The summed E-state index contributed by atoms with van der Waals surface area (Å²) in [5.74, 6) is -0.601. The molecule has 3 aromatic heterocycles. The molecule has 0 radical (unpaired) electrons. The summed E-state index contributed by atoms with van der Waals surface area (Å²) < 4.78 is 23.2. The van der Waals surface area contributed by atoms with E-state index in [9.17, 15) is 19.2 Å². The van der Waals surface area contributed by atoms with Gasteiger partial charge in [-0.25, -0.2) is 19.6 Å². The molecule has 0 saturated heterocycles. The largest absolute Gasteiger partial charge is 0.428 e. The van der Waals surface area contributed by atoms with Crippen LogP contribution in [0.5, 0.6) is 0 Å². The summed E-state index contributed by atoms with van der Waals surface area (Å²) >= 11 is 12.7. The first-order valence-corrected chi connectivity index (χ1v) is 23.9. The zero-order valence-electron chi connectivity index (χ0n) is 40.0. The molecule has 388 valence electrons. The molecule has 0 atom stereocenters. The van der Waals surface area contributed by atoms with Crippen molar-refractivity contribution in [3.05, 3.63) is 147 Å². The molecule has 4 aromatic carbocycles. The van der Waals surface area contributed by atoms with Gasteiger partial charge < -0.3 is 28.1 Å². The molecule has 0 aliphatic carbocycles. The maximum absolute atomic E-state index is 12.8. The molecule has 4 heterocycles. The highest BCUT2D eigenvalue weighted by atomic mass is 35.5. The highest BCUT2D eigenvalue weighted by Crippen LogP contribution is 2.31. The summed E-state index contributed by atoms with van der Waals surface area (Å²) in [5, 5.41) is 26.3. The Hall–Kier alpha value is -7.90. The number of imidazole rings is 2. The van der Waals surface area contributed by atoms with Crippen molar-refractivity contribution in [3.8, 4) is 33.6 Å². The molecule has 74 heavy (non-hydrogen) atoms. The standard InChI is InChI=1S/C26H26ClN5O4.C25H25ClN6O4.2CH4/c1-3-4-9-23-29-25(27)24(26(34)36-16-35-17(2)33)32(23)15-18-10-12-19(13-11-18)20-7-5-6-8-21(20)22-14-28-31-30-22;1-3-4-9-21-27-23(26)22(25(34)36-15-35-16(2)33)32(21)14-17-10-12-18(13-11-17)19-7-5-6-8-20(19)24-28-30-31-29-24;;/h5-8,10-13H,3-4,9,14-16H2,1-2H3;5-8,10-13H,3-4,9,14-15H2,1-2H3,(H,28,29,30,31);2*1H4. The maximum Gasteiger partial charge on any atom is 0.361 e. The van der Waals surface area contributed by atoms with Gasteiger partial charge in [0.1, 0.15) is 18.2 Å². The van der Waals surface area contributed by atoms with Crippen LogP contribution >= 0.6 is 23.2 Å². The second kappa shape index (κ2) is 27.8. The van der Waals surface area contributed by atoms with Crippen molar-refractivity contribution in [1.29, 1.82) is 0 Å². The Labute approximate surface area is 439 Å². The molecule has 7 aromatic rings. The predicted octanol–water partition coefficient (Wildman–Crippen LogP) is 11.2. The Kier molecular flexibility index (Phi) is 21.4. The number of hydrogen-bond acceptors (Lipinski definition) is 16. The van der Waals surface area contributed by atoms with Crippen molar-refractivity contribution in [1.82, 2.24) is 39.7 Å². The van der Waals surface area contributed by atoms with Gasteiger partial charge in [-0.3, -0.25) is 9.59 Å². The highest BCUT2D eigenvalue weighted by molar-refractivity contribution is 6.32. The second-order valence-electron chi connectivity index (χ2n) is 16.2. The van der Waals surface area contributed by atoms with Crippen LogP contribution < -0.4 is 0 Å². The third-order valence-corrected chi connectivity index (χ3v) is 11.7. The van der Waals surface area contributed by atoms with Crippen molar-refractivity contribution >= 4 is 52.8 Å². The van der Waals surface area contributed by atoms with Crippen LogP contribution in [0.2, 0.25) is 10.3 Å². The Morgan fingerprint density at radius 3 is 1.46 bits per heavy atom. The van der Waals surface area contributed by atoms with Gasteiger partial charge in [-0.05, 0) is 56.7 Å². The quantitative estimate of drug-likeness (QED) is 0.0553. The van der Waals surface area contributed by atoms with Crippen LogP contribution in [0, 0.1) is 0 Å². The van der Waals surface area contributed by atoms with Crippen LogP contribution in [0.1, 0.15) is 118 Å². The minimum Gasteiger partial charge on any atom is -0.428 e. The number of ether oxygens (including phenoxy) is 4. The van der Waals surface area contributed by atoms with Crippen molar-refractivity contribution in [2.24, 2.45) is 15.4 Å². The summed E-state index contributed by atoms with van der Waals surface area (Å²) in [5.41, 5.74) is 8.87. The van der Waals surface area contributed by atoms with Gasteiger partial charge >= 0.3 is 23.9 Å². The molecule has 0 saturated carbocycles. The fourth-order valence-electron chi connectivity index (χ4n) is 7.68. The summed E-state index contributed by atoms with van der Waals surface area (Å²) in [4.78, 5) is 56.4. The van der Waals surface area contributed by atoms with Crippen LogP contribution in [-0.2, 0) is 54.5 Å². The lowest BCUT2D eigenvalue weighted by molar-refractivity contribution is -0.150. The van der Waals surface area contributed by atoms with E-state index < -0.39 is 37.5 Å². The molecular weight excluding hydrogens is 990 g/mol. The number of esters is 4. The van der Waals surface area contributed by atoms with Crippen LogP contribution in [0.15, 0.2) is 113 Å². The van der Waals surface area contributed by atoms with Crippen molar-refractivity contribution in [2.45, 2.75) is 94.2 Å². The Morgan fingerprint density at radius 1 is 0.608 bits per heavy atom. The van der Waals surface area contributed by atoms with E-state index in [2.05, 4.69) is 59.9 Å².